The van der Waals surface area contributed by atoms with Crippen LogP contribution in [0.3, 0.4) is 0 Å². The van der Waals surface area contributed by atoms with Gasteiger partial charge in [0.25, 0.3) is 0 Å². The van der Waals surface area contributed by atoms with Gasteiger partial charge in [-0.25, -0.2) is 0 Å². The SMILES string of the molecule is Cc1ccccc1-c1ccn(Cc2ccncc2)c1. The van der Waals surface area contributed by atoms with Crippen LogP contribution in [0.5, 0.6) is 0 Å². The first kappa shape index (κ1) is 11.7. The van der Waals surface area contributed by atoms with Crippen LogP contribution in [0.1, 0.15) is 11.1 Å². The second kappa shape index (κ2) is 5.11. The summed E-state index contributed by atoms with van der Waals surface area (Å²) >= 11 is 0. The first-order chi connectivity index (χ1) is 9.33. The lowest BCUT2D eigenvalue weighted by Gasteiger charge is -2.04. The molecule has 0 atom stereocenters. The third-order valence-corrected chi connectivity index (χ3v) is 3.32. The zero-order chi connectivity index (χ0) is 13.1. The third-order valence-electron chi connectivity index (χ3n) is 3.32. The average molecular weight is 248 g/mol. The molecule has 1 aromatic carbocycles. The van der Waals surface area contributed by atoms with E-state index in [9.17, 15) is 0 Å². The van der Waals surface area contributed by atoms with Crippen molar-refractivity contribution in [3.63, 3.8) is 0 Å². The predicted molar refractivity (Wildman–Crippen MR) is 77.9 cm³/mol. The van der Waals surface area contributed by atoms with Crippen LogP contribution in [0.25, 0.3) is 11.1 Å². The molecule has 0 spiro atoms. The Hall–Kier alpha value is -2.35. The molecule has 94 valence electrons. The van der Waals surface area contributed by atoms with Crippen molar-refractivity contribution < 1.29 is 0 Å². The molecular weight excluding hydrogens is 232 g/mol. The van der Waals surface area contributed by atoms with Crippen LogP contribution in [-0.4, -0.2) is 9.55 Å². The van der Waals surface area contributed by atoms with E-state index >= 15 is 0 Å². The van der Waals surface area contributed by atoms with Gasteiger partial charge >= 0.3 is 0 Å². The molecule has 0 saturated heterocycles. The van der Waals surface area contributed by atoms with Crippen molar-refractivity contribution in [3.8, 4) is 11.1 Å². The first-order valence-corrected chi connectivity index (χ1v) is 6.43. The maximum atomic E-state index is 4.04. The summed E-state index contributed by atoms with van der Waals surface area (Å²) in [6.45, 7) is 3.03. The van der Waals surface area contributed by atoms with E-state index in [0.29, 0.717) is 0 Å². The quantitative estimate of drug-likeness (QED) is 0.687. The summed E-state index contributed by atoms with van der Waals surface area (Å²) in [6, 6.07) is 14.7. The van der Waals surface area contributed by atoms with Crippen LogP contribution in [0, 0.1) is 6.92 Å². The van der Waals surface area contributed by atoms with E-state index in [1.165, 1.54) is 22.3 Å². The lowest BCUT2D eigenvalue weighted by Crippen LogP contribution is -1.95. The van der Waals surface area contributed by atoms with E-state index in [-0.39, 0.29) is 0 Å². The Balaban J connectivity index is 1.86. The molecule has 0 unspecified atom stereocenters. The number of nitrogens with zero attached hydrogens (tertiary/aromatic N) is 2. The molecule has 3 aromatic rings. The molecule has 0 amide bonds. The smallest absolute Gasteiger partial charge is 0.0471 e. The lowest BCUT2D eigenvalue weighted by molar-refractivity contribution is 0.805. The van der Waals surface area contributed by atoms with Crippen LogP contribution in [0.4, 0.5) is 0 Å². The second-order valence-electron chi connectivity index (χ2n) is 4.74. The molecule has 0 N–H and O–H groups in total. The number of aryl methyl sites for hydroxylation is 1. The monoisotopic (exact) mass is 248 g/mol. The van der Waals surface area contributed by atoms with Crippen LogP contribution in [0.2, 0.25) is 0 Å². The van der Waals surface area contributed by atoms with Gasteiger partial charge in [-0.2, -0.15) is 0 Å². The molecule has 0 fully saturated rings. The summed E-state index contributed by atoms with van der Waals surface area (Å²) < 4.78 is 2.21. The summed E-state index contributed by atoms with van der Waals surface area (Å²) in [5.74, 6) is 0. The number of pyridine rings is 1. The van der Waals surface area contributed by atoms with Gasteiger partial charge in [-0.3, -0.25) is 4.98 Å². The van der Waals surface area contributed by atoms with Crippen molar-refractivity contribution in [2.75, 3.05) is 0 Å². The molecule has 0 saturated carbocycles. The Morgan fingerprint density at radius 2 is 1.79 bits per heavy atom. The van der Waals surface area contributed by atoms with Crippen molar-refractivity contribution in [2.24, 2.45) is 0 Å². The molecule has 2 heteroatoms. The van der Waals surface area contributed by atoms with E-state index in [4.69, 9.17) is 0 Å². The van der Waals surface area contributed by atoms with Gasteiger partial charge in [0.15, 0.2) is 0 Å². The van der Waals surface area contributed by atoms with E-state index in [2.05, 4.69) is 59.2 Å². The number of aromatic nitrogens is 2. The number of hydrogen-bond donors (Lipinski definition) is 0. The van der Waals surface area contributed by atoms with E-state index < -0.39 is 0 Å². The normalized spacial score (nSPS) is 10.6. The van der Waals surface area contributed by atoms with Crippen LogP contribution < -0.4 is 0 Å². The number of benzene rings is 1. The van der Waals surface area contributed by atoms with Crippen molar-refractivity contribution in [3.05, 3.63) is 78.4 Å². The zero-order valence-electron chi connectivity index (χ0n) is 11.0. The Labute approximate surface area is 113 Å². The molecule has 2 nitrogen and oxygen atoms in total. The molecule has 0 aliphatic carbocycles. The standard InChI is InChI=1S/C17H16N2/c1-14-4-2-3-5-17(14)16-8-11-19(13-16)12-15-6-9-18-10-7-15/h2-11,13H,12H2,1H3. The molecule has 2 aromatic heterocycles. The molecule has 0 aliphatic heterocycles. The van der Waals surface area contributed by atoms with E-state index in [1.54, 1.807) is 0 Å². The summed E-state index contributed by atoms with van der Waals surface area (Å²) in [6.07, 6.45) is 7.99. The van der Waals surface area contributed by atoms with Crippen molar-refractivity contribution >= 4 is 0 Å². The molecule has 19 heavy (non-hydrogen) atoms. The van der Waals surface area contributed by atoms with Crippen molar-refractivity contribution in [2.45, 2.75) is 13.5 Å². The highest BCUT2D eigenvalue weighted by atomic mass is 14.9. The number of hydrogen-bond acceptors (Lipinski definition) is 1. The minimum absolute atomic E-state index is 0.883. The summed E-state index contributed by atoms with van der Waals surface area (Å²) in [7, 11) is 0. The Bertz CT molecular complexity index is 668. The van der Waals surface area contributed by atoms with Gasteiger partial charge in [-0.1, -0.05) is 24.3 Å². The van der Waals surface area contributed by atoms with Crippen LogP contribution in [-0.2, 0) is 6.54 Å². The molecule has 2 heterocycles. The molecule has 3 rings (SSSR count). The highest BCUT2D eigenvalue weighted by Crippen LogP contribution is 2.23. The minimum Gasteiger partial charge on any atom is -0.349 e. The Morgan fingerprint density at radius 1 is 1.00 bits per heavy atom. The molecule has 0 aliphatic rings. The third kappa shape index (κ3) is 2.58. The Morgan fingerprint density at radius 3 is 2.58 bits per heavy atom. The fourth-order valence-electron chi connectivity index (χ4n) is 2.29. The predicted octanol–water partition coefficient (Wildman–Crippen LogP) is 3.91. The highest BCUT2D eigenvalue weighted by molar-refractivity contribution is 5.66. The Kier molecular flexibility index (Phi) is 3.15. The average Bonchev–Trinajstić information content (AvgIpc) is 2.89. The summed E-state index contributed by atoms with van der Waals surface area (Å²) in [5, 5.41) is 0. The van der Waals surface area contributed by atoms with Crippen LogP contribution in [0.15, 0.2) is 67.3 Å². The molecule has 0 radical (unpaired) electrons. The van der Waals surface area contributed by atoms with Gasteiger partial charge in [0.2, 0.25) is 0 Å². The highest BCUT2D eigenvalue weighted by Gasteiger charge is 2.03. The fraction of sp³-hybridized carbons (Fsp3) is 0.118. The summed E-state index contributed by atoms with van der Waals surface area (Å²) in [4.78, 5) is 4.04. The summed E-state index contributed by atoms with van der Waals surface area (Å²) in [5.41, 5.74) is 5.15. The lowest BCUT2D eigenvalue weighted by atomic mass is 10.0. The molecular formula is C17H16N2. The second-order valence-corrected chi connectivity index (χ2v) is 4.74. The van der Waals surface area contributed by atoms with Gasteiger partial charge in [-0.05, 0) is 47.4 Å². The van der Waals surface area contributed by atoms with Gasteiger partial charge in [-0.15, -0.1) is 0 Å². The van der Waals surface area contributed by atoms with Crippen molar-refractivity contribution in [1.82, 2.24) is 9.55 Å². The van der Waals surface area contributed by atoms with E-state index in [1.807, 2.05) is 24.5 Å². The van der Waals surface area contributed by atoms with Gasteiger partial charge in [0, 0.05) is 31.3 Å². The topological polar surface area (TPSA) is 17.8 Å². The van der Waals surface area contributed by atoms with E-state index in [0.717, 1.165) is 6.54 Å². The number of rotatable bonds is 3. The van der Waals surface area contributed by atoms with Gasteiger partial charge in [0.05, 0.1) is 0 Å². The zero-order valence-corrected chi connectivity index (χ0v) is 11.0. The maximum absolute atomic E-state index is 4.04. The van der Waals surface area contributed by atoms with Crippen molar-refractivity contribution in [1.29, 1.82) is 0 Å². The first-order valence-electron chi connectivity index (χ1n) is 6.43. The molecule has 0 bridgehead atoms. The van der Waals surface area contributed by atoms with Gasteiger partial charge in [0.1, 0.15) is 0 Å². The minimum atomic E-state index is 0.883. The fourth-order valence-corrected chi connectivity index (χ4v) is 2.29. The van der Waals surface area contributed by atoms with Gasteiger partial charge < -0.3 is 4.57 Å². The largest absolute Gasteiger partial charge is 0.349 e. The maximum Gasteiger partial charge on any atom is 0.0471 e. The van der Waals surface area contributed by atoms with Crippen LogP contribution >= 0.6 is 0 Å².